The van der Waals surface area contributed by atoms with Crippen LogP contribution >= 0.6 is 11.6 Å². The van der Waals surface area contributed by atoms with E-state index in [4.69, 9.17) is 16.7 Å². The lowest BCUT2D eigenvalue weighted by Crippen LogP contribution is -2.28. The Balaban J connectivity index is 2.77. The van der Waals surface area contributed by atoms with Crippen LogP contribution in [0.5, 0.6) is 0 Å². The van der Waals surface area contributed by atoms with Crippen LogP contribution in [0.1, 0.15) is 49.5 Å². The summed E-state index contributed by atoms with van der Waals surface area (Å²) in [5, 5.41) is 9.48. The van der Waals surface area contributed by atoms with Crippen LogP contribution in [-0.2, 0) is 6.54 Å². The second-order valence-electron chi connectivity index (χ2n) is 5.12. The van der Waals surface area contributed by atoms with E-state index in [1.54, 1.807) is 6.07 Å². The molecule has 1 rings (SSSR count). The molecule has 0 saturated carbocycles. The summed E-state index contributed by atoms with van der Waals surface area (Å²) in [4.78, 5) is 13.3. The van der Waals surface area contributed by atoms with E-state index in [0.717, 1.165) is 25.2 Å². The molecular formula is C16H24ClNO2. The van der Waals surface area contributed by atoms with Gasteiger partial charge in [-0.3, -0.25) is 4.90 Å². The maximum Gasteiger partial charge on any atom is 0.335 e. The highest BCUT2D eigenvalue weighted by atomic mass is 35.5. The van der Waals surface area contributed by atoms with Gasteiger partial charge in [0.15, 0.2) is 0 Å². The van der Waals surface area contributed by atoms with Crippen LogP contribution in [0.3, 0.4) is 0 Å². The number of carbonyl (C=O) groups is 1. The molecule has 0 amide bonds. The fourth-order valence-corrected chi connectivity index (χ4v) is 2.51. The average Bonchev–Trinajstić information content (AvgIpc) is 2.44. The third-order valence-corrected chi connectivity index (χ3v) is 4.16. The number of benzene rings is 1. The Kier molecular flexibility index (Phi) is 7.03. The van der Waals surface area contributed by atoms with Crippen LogP contribution < -0.4 is 0 Å². The van der Waals surface area contributed by atoms with E-state index >= 15 is 0 Å². The monoisotopic (exact) mass is 297 g/mol. The molecule has 0 atom stereocenters. The second-order valence-corrected chi connectivity index (χ2v) is 5.53. The van der Waals surface area contributed by atoms with Crippen molar-refractivity contribution in [3.05, 3.63) is 34.3 Å². The van der Waals surface area contributed by atoms with Crippen molar-refractivity contribution in [2.75, 3.05) is 13.1 Å². The zero-order valence-corrected chi connectivity index (χ0v) is 13.3. The highest BCUT2D eigenvalue weighted by molar-refractivity contribution is 6.31. The minimum atomic E-state index is -0.942. The van der Waals surface area contributed by atoms with Gasteiger partial charge in [0, 0.05) is 18.1 Å². The molecule has 0 unspecified atom stereocenters. The lowest BCUT2D eigenvalue weighted by atomic mass is 10.0. The molecular weight excluding hydrogens is 274 g/mol. The first kappa shape index (κ1) is 17.0. The molecule has 0 aliphatic rings. The van der Waals surface area contributed by atoms with Gasteiger partial charge >= 0.3 is 5.97 Å². The summed E-state index contributed by atoms with van der Waals surface area (Å²) in [6.07, 6.45) is 2.36. The molecule has 0 radical (unpaired) electrons. The van der Waals surface area contributed by atoms with Gasteiger partial charge in [-0.25, -0.2) is 4.79 Å². The predicted molar refractivity (Wildman–Crippen MR) is 83.4 cm³/mol. The minimum absolute atomic E-state index is 0.238. The van der Waals surface area contributed by atoms with Crippen molar-refractivity contribution >= 4 is 17.6 Å². The second kappa shape index (κ2) is 8.28. The molecule has 1 aromatic rings. The van der Waals surface area contributed by atoms with Gasteiger partial charge in [0.05, 0.1) is 5.56 Å². The number of rotatable bonds is 8. The van der Waals surface area contributed by atoms with Gasteiger partial charge in [0.25, 0.3) is 0 Å². The van der Waals surface area contributed by atoms with Gasteiger partial charge in [0.2, 0.25) is 0 Å². The molecule has 3 nitrogen and oxygen atoms in total. The Bertz CT molecular complexity index is 444. The van der Waals surface area contributed by atoms with Crippen molar-refractivity contribution in [1.29, 1.82) is 0 Å². The number of nitrogens with zero attached hydrogens (tertiary/aromatic N) is 1. The number of halogens is 1. The van der Waals surface area contributed by atoms with Crippen molar-refractivity contribution in [1.82, 2.24) is 4.90 Å². The van der Waals surface area contributed by atoms with Crippen LogP contribution in [0.2, 0.25) is 5.02 Å². The lowest BCUT2D eigenvalue weighted by Gasteiger charge is -2.25. The van der Waals surface area contributed by atoms with Crippen LogP contribution in [0.15, 0.2) is 18.2 Å². The Hall–Kier alpha value is -1.06. The Morgan fingerprint density at radius 3 is 2.40 bits per heavy atom. The van der Waals surface area contributed by atoms with E-state index in [1.807, 2.05) is 6.07 Å². The number of hydrogen-bond donors (Lipinski definition) is 1. The molecule has 1 N–H and O–H groups in total. The largest absolute Gasteiger partial charge is 0.478 e. The lowest BCUT2D eigenvalue weighted by molar-refractivity contribution is 0.0697. The molecule has 0 fully saturated rings. The number of hydrogen-bond acceptors (Lipinski definition) is 2. The molecule has 1 aromatic carbocycles. The SMILES string of the molecule is CCC(CC)CN(CC)Cc1ccc(C(=O)O)cc1Cl. The van der Waals surface area contributed by atoms with Crippen LogP contribution in [0, 0.1) is 5.92 Å². The fourth-order valence-electron chi connectivity index (χ4n) is 2.27. The maximum absolute atomic E-state index is 10.9. The summed E-state index contributed by atoms with van der Waals surface area (Å²) in [7, 11) is 0. The Morgan fingerprint density at radius 1 is 1.30 bits per heavy atom. The van der Waals surface area contributed by atoms with Gasteiger partial charge in [0.1, 0.15) is 0 Å². The molecule has 20 heavy (non-hydrogen) atoms. The highest BCUT2D eigenvalue weighted by Crippen LogP contribution is 2.21. The molecule has 0 saturated heterocycles. The van der Waals surface area contributed by atoms with Crippen molar-refractivity contribution in [2.24, 2.45) is 5.92 Å². The molecule has 0 aliphatic carbocycles. The smallest absolute Gasteiger partial charge is 0.335 e. The van der Waals surface area contributed by atoms with E-state index in [0.29, 0.717) is 10.9 Å². The van der Waals surface area contributed by atoms with Crippen molar-refractivity contribution < 1.29 is 9.90 Å². The summed E-state index contributed by atoms with van der Waals surface area (Å²) in [5.74, 6) is -0.241. The quantitative estimate of drug-likeness (QED) is 0.778. The normalized spacial score (nSPS) is 11.3. The maximum atomic E-state index is 10.9. The molecule has 0 aliphatic heterocycles. The van der Waals surface area contributed by atoms with E-state index < -0.39 is 5.97 Å². The molecule has 0 bridgehead atoms. The van der Waals surface area contributed by atoms with Gasteiger partial charge in [-0.15, -0.1) is 0 Å². The van der Waals surface area contributed by atoms with Crippen LogP contribution in [-0.4, -0.2) is 29.1 Å². The molecule has 112 valence electrons. The van der Waals surface area contributed by atoms with E-state index in [9.17, 15) is 4.79 Å². The first-order chi connectivity index (χ1) is 9.51. The number of aromatic carboxylic acids is 1. The third kappa shape index (κ3) is 4.80. The van der Waals surface area contributed by atoms with Gasteiger partial charge in [-0.2, -0.15) is 0 Å². The highest BCUT2D eigenvalue weighted by Gasteiger charge is 2.13. The summed E-state index contributed by atoms with van der Waals surface area (Å²) in [6, 6.07) is 4.97. The van der Waals surface area contributed by atoms with Gasteiger partial charge in [-0.05, 0) is 30.2 Å². The van der Waals surface area contributed by atoms with Crippen LogP contribution in [0.25, 0.3) is 0 Å². The molecule has 4 heteroatoms. The Labute approximate surface area is 126 Å². The zero-order valence-electron chi connectivity index (χ0n) is 12.5. The van der Waals surface area contributed by atoms with Crippen LogP contribution in [0.4, 0.5) is 0 Å². The standard InChI is InChI=1S/C16H24ClNO2/c1-4-12(5-2)10-18(6-3)11-14-8-7-13(16(19)20)9-15(14)17/h7-9,12H,4-6,10-11H2,1-3H3,(H,19,20). The number of carboxylic acid groups (broad SMARTS) is 1. The first-order valence-corrected chi connectivity index (χ1v) is 7.63. The van der Waals surface area contributed by atoms with E-state index in [-0.39, 0.29) is 5.56 Å². The van der Waals surface area contributed by atoms with Gasteiger partial charge in [-0.1, -0.05) is 51.3 Å². The molecule has 0 heterocycles. The molecule has 0 aromatic heterocycles. The summed E-state index contributed by atoms with van der Waals surface area (Å²) < 4.78 is 0. The molecule has 0 spiro atoms. The number of carboxylic acids is 1. The zero-order chi connectivity index (χ0) is 15.1. The van der Waals surface area contributed by atoms with Crippen molar-refractivity contribution in [3.63, 3.8) is 0 Å². The minimum Gasteiger partial charge on any atom is -0.478 e. The van der Waals surface area contributed by atoms with Gasteiger partial charge < -0.3 is 5.11 Å². The third-order valence-electron chi connectivity index (χ3n) is 3.81. The summed E-state index contributed by atoms with van der Waals surface area (Å²) in [6.45, 7) is 9.37. The van der Waals surface area contributed by atoms with E-state index in [1.165, 1.54) is 18.9 Å². The van der Waals surface area contributed by atoms with Crippen molar-refractivity contribution in [2.45, 2.75) is 40.2 Å². The first-order valence-electron chi connectivity index (χ1n) is 7.25. The summed E-state index contributed by atoms with van der Waals surface area (Å²) in [5.41, 5.74) is 1.23. The average molecular weight is 298 g/mol. The fraction of sp³-hybridized carbons (Fsp3) is 0.562. The van der Waals surface area contributed by atoms with Crippen molar-refractivity contribution in [3.8, 4) is 0 Å². The Morgan fingerprint density at radius 2 is 1.95 bits per heavy atom. The summed E-state index contributed by atoms with van der Waals surface area (Å²) >= 11 is 6.19. The van der Waals surface area contributed by atoms with E-state index in [2.05, 4.69) is 25.7 Å². The topological polar surface area (TPSA) is 40.5 Å². The predicted octanol–water partition coefficient (Wildman–Crippen LogP) is 4.30.